The monoisotopic (exact) mass is 269 g/mol. The molecular weight excluding hydrogens is 254 g/mol. The number of nitrogens with zero attached hydrogens (tertiary/aromatic N) is 1. The lowest BCUT2D eigenvalue weighted by Crippen LogP contribution is -2.29. The van der Waals surface area contributed by atoms with E-state index in [1.807, 2.05) is 0 Å². The van der Waals surface area contributed by atoms with Crippen LogP contribution in [-0.4, -0.2) is 26.7 Å². The van der Waals surface area contributed by atoms with Gasteiger partial charge in [-0.05, 0) is 25.0 Å². The molecule has 0 radical (unpaired) electrons. The van der Waals surface area contributed by atoms with E-state index in [0.717, 1.165) is 18.5 Å². The van der Waals surface area contributed by atoms with Crippen LogP contribution in [0.15, 0.2) is 18.2 Å². The smallest absolute Gasteiger partial charge is 0.292 e. The molecule has 7 heteroatoms. The van der Waals surface area contributed by atoms with Crippen LogP contribution in [0.3, 0.4) is 0 Å². The van der Waals surface area contributed by atoms with Gasteiger partial charge < -0.3 is 11.1 Å². The number of nitrogens with two attached hydrogens (primary N) is 1. The van der Waals surface area contributed by atoms with Crippen molar-refractivity contribution in [2.45, 2.75) is 18.9 Å². The number of rotatable bonds is 3. The fourth-order valence-corrected chi connectivity index (χ4v) is 3.28. The van der Waals surface area contributed by atoms with Gasteiger partial charge in [0.05, 0.1) is 4.92 Å². The summed E-state index contributed by atoms with van der Waals surface area (Å²) in [5.74, 6) is 1.42. The molecule has 0 spiro atoms. The van der Waals surface area contributed by atoms with E-state index in [0.29, 0.717) is 11.5 Å². The molecule has 98 valence electrons. The van der Waals surface area contributed by atoms with E-state index >= 15 is 0 Å². The highest BCUT2D eigenvalue weighted by molar-refractivity contribution is 7.85. The van der Waals surface area contributed by atoms with Crippen molar-refractivity contribution in [1.29, 1.82) is 0 Å². The van der Waals surface area contributed by atoms with E-state index in [4.69, 9.17) is 5.73 Å². The molecule has 0 saturated carbocycles. The first-order valence-corrected chi connectivity index (χ1v) is 7.20. The molecule has 0 aromatic heterocycles. The van der Waals surface area contributed by atoms with Gasteiger partial charge in [0.15, 0.2) is 0 Å². The maximum Gasteiger partial charge on any atom is 0.292 e. The second kappa shape index (κ2) is 5.34. The zero-order valence-corrected chi connectivity index (χ0v) is 10.6. The zero-order chi connectivity index (χ0) is 13.1. The van der Waals surface area contributed by atoms with Gasteiger partial charge in [0, 0.05) is 40.1 Å². The average molecular weight is 269 g/mol. The first-order chi connectivity index (χ1) is 8.56. The van der Waals surface area contributed by atoms with Crippen molar-refractivity contribution < 1.29 is 9.13 Å². The number of benzene rings is 1. The molecule has 1 heterocycles. The molecule has 1 fully saturated rings. The minimum atomic E-state index is -0.687. The molecule has 1 aliphatic heterocycles. The Morgan fingerprint density at radius 1 is 1.39 bits per heavy atom. The molecule has 1 saturated heterocycles. The highest BCUT2D eigenvalue weighted by Gasteiger charge is 2.18. The van der Waals surface area contributed by atoms with Crippen LogP contribution in [0, 0.1) is 10.1 Å². The van der Waals surface area contributed by atoms with Gasteiger partial charge in [0.25, 0.3) is 5.69 Å². The van der Waals surface area contributed by atoms with E-state index in [1.165, 1.54) is 6.07 Å². The third kappa shape index (κ3) is 2.98. The second-order valence-corrected chi connectivity index (χ2v) is 5.99. The SMILES string of the molecule is Nc1cc(NC2CCS(=O)CC2)ccc1[N+](=O)[O-]. The van der Waals surface area contributed by atoms with Gasteiger partial charge in [-0.15, -0.1) is 0 Å². The van der Waals surface area contributed by atoms with E-state index in [9.17, 15) is 14.3 Å². The van der Waals surface area contributed by atoms with Crippen molar-refractivity contribution in [3.63, 3.8) is 0 Å². The minimum Gasteiger partial charge on any atom is -0.393 e. The molecule has 0 atom stereocenters. The zero-order valence-electron chi connectivity index (χ0n) is 9.80. The Morgan fingerprint density at radius 2 is 2.06 bits per heavy atom. The van der Waals surface area contributed by atoms with Gasteiger partial charge in [-0.3, -0.25) is 14.3 Å². The predicted molar refractivity (Wildman–Crippen MR) is 72.0 cm³/mol. The Bertz CT molecular complexity index is 482. The molecule has 0 amide bonds. The van der Waals surface area contributed by atoms with Crippen LogP contribution >= 0.6 is 0 Å². The summed E-state index contributed by atoms with van der Waals surface area (Å²) in [6, 6.07) is 4.89. The van der Waals surface area contributed by atoms with Crippen LogP contribution < -0.4 is 11.1 Å². The van der Waals surface area contributed by atoms with Gasteiger partial charge in [-0.2, -0.15) is 0 Å². The molecule has 6 nitrogen and oxygen atoms in total. The van der Waals surface area contributed by atoms with Crippen LogP contribution in [0.1, 0.15) is 12.8 Å². The number of nitro benzene ring substituents is 1. The number of nitrogens with one attached hydrogen (secondary N) is 1. The Hall–Kier alpha value is -1.63. The number of nitrogen functional groups attached to an aromatic ring is 1. The third-order valence-electron chi connectivity index (χ3n) is 2.98. The normalized spacial score (nSPS) is 23.6. The lowest BCUT2D eigenvalue weighted by atomic mass is 10.1. The minimum absolute atomic E-state index is 0.0784. The Kier molecular flexibility index (Phi) is 3.81. The molecule has 0 aliphatic carbocycles. The van der Waals surface area contributed by atoms with E-state index in [1.54, 1.807) is 12.1 Å². The lowest BCUT2D eigenvalue weighted by Gasteiger charge is -2.23. The summed E-state index contributed by atoms with van der Waals surface area (Å²) in [7, 11) is -0.687. The van der Waals surface area contributed by atoms with Crippen LogP contribution in [0.5, 0.6) is 0 Å². The standard InChI is InChI=1S/C11H15N3O3S/c12-10-7-9(1-2-11(10)14(15)16)13-8-3-5-18(17)6-4-8/h1-2,7-8,13H,3-6,12H2. The first-order valence-electron chi connectivity index (χ1n) is 5.71. The summed E-state index contributed by atoms with van der Waals surface area (Å²) in [4.78, 5) is 10.1. The van der Waals surface area contributed by atoms with E-state index in [-0.39, 0.29) is 17.4 Å². The van der Waals surface area contributed by atoms with Crippen LogP contribution in [0.2, 0.25) is 0 Å². The number of hydrogen-bond acceptors (Lipinski definition) is 5. The molecule has 1 aliphatic rings. The summed E-state index contributed by atoms with van der Waals surface area (Å²) in [6.45, 7) is 0. The van der Waals surface area contributed by atoms with Crippen LogP contribution in [0.25, 0.3) is 0 Å². The molecule has 3 N–H and O–H groups in total. The molecule has 18 heavy (non-hydrogen) atoms. The maximum absolute atomic E-state index is 11.2. The van der Waals surface area contributed by atoms with Gasteiger partial charge in [-0.25, -0.2) is 0 Å². The summed E-state index contributed by atoms with van der Waals surface area (Å²) in [5, 5.41) is 13.9. The predicted octanol–water partition coefficient (Wildman–Crippen LogP) is 1.50. The Morgan fingerprint density at radius 3 is 2.61 bits per heavy atom. The van der Waals surface area contributed by atoms with Gasteiger partial charge >= 0.3 is 0 Å². The average Bonchev–Trinajstić information content (AvgIpc) is 2.32. The van der Waals surface area contributed by atoms with Crippen molar-refractivity contribution >= 4 is 27.9 Å². The third-order valence-corrected chi connectivity index (χ3v) is 4.37. The highest BCUT2D eigenvalue weighted by Crippen LogP contribution is 2.26. The number of hydrogen-bond donors (Lipinski definition) is 2. The molecular formula is C11H15N3O3S. The van der Waals surface area contributed by atoms with Gasteiger partial charge in [0.2, 0.25) is 0 Å². The summed E-state index contributed by atoms with van der Waals surface area (Å²) < 4.78 is 11.2. The fraction of sp³-hybridized carbons (Fsp3) is 0.455. The summed E-state index contributed by atoms with van der Waals surface area (Å²) >= 11 is 0. The van der Waals surface area contributed by atoms with E-state index in [2.05, 4.69) is 5.32 Å². The van der Waals surface area contributed by atoms with Gasteiger partial charge in [0.1, 0.15) is 5.69 Å². The highest BCUT2D eigenvalue weighted by atomic mass is 32.2. The Labute approximate surface area is 107 Å². The topological polar surface area (TPSA) is 98.3 Å². The van der Waals surface area contributed by atoms with Crippen molar-refractivity contribution in [3.8, 4) is 0 Å². The van der Waals surface area contributed by atoms with Crippen molar-refractivity contribution in [1.82, 2.24) is 0 Å². The van der Waals surface area contributed by atoms with Crippen LogP contribution in [-0.2, 0) is 10.8 Å². The van der Waals surface area contributed by atoms with Crippen molar-refractivity contribution in [3.05, 3.63) is 28.3 Å². The van der Waals surface area contributed by atoms with E-state index < -0.39 is 15.7 Å². The number of anilines is 2. The quantitative estimate of drug-likeness (QED) is 0.492. The van der Waals surface area contributed by atoms with Crippen LogP contribution in [0.4, 0.5) is 17.1 Å². The lowest BCUT2D eigenvalue weighted by molar-refractivity contribution is -0.383. The van der Waals surface area contributed by atoms with Crippen molar-refractivity contribution in [2.24, 2.45) is 0 Å². The molecule has 0 unspecified atom stereocenters. The first kappa shape index (κ1) is 12.8. The number of nitro groups is 1. The second-order valence-electron chi connectivity index (χ2n) is 4.30. The van der Waals surface area contributed by atoms with Gasteiger partial charge in [-0.1, -0.05) is 0 Å². The maximum atomic E-state index is 11.2. The molecule has 1 aromatic carbocycles. The summed E-state index contributed by atoms with van der Waals surface area (Å²) in [6.07, 6.45) is 1.70. The molecule has 1 aromatic rings. The fourth-order valence-electron chi connectivity index (χ4n) is 1.98. The largest absolute Gasteiger partial charge is 0.393 e. The summed E-state index contributed by atoms with van der Waals surface area (Å²) in [5.41, 5.74) is 6.47. The Balaban J connectivity index is 2.04. The van der Waals surface area contributed by atoms with Crippen molar-refractivity contribution in [2.75, 3.05) is 22.6 Å². The molecule has 0 bridgehead atoms. The molecule has 2 rings (SSSR count).